The third-order valence-corrected chi connectivity index (χ3v) is 5.36. The van der Waals surface area contributed by atoms with Crippen molar-refractivity contribution in [2.24, 2.45) is 0 Å². The molecule has 3 aromatic carbocycles. The number of methoxy groups -OCH3 is 3. The molecule has 1 saturated heterocycles. The van der Waals surface area contributed by atoms with Gasteiger partial charge < -0.3 is 19.1 Å². The van der Waals surface area contributed by atoms with Crippen LogP contribution in [0.2, 0.25) is 0 Å². The Morgan fingerprint density at radius 1 is 0.759 bits per heavy atom. The number of carbonyl (C=O) groups excluding carboxylic acids is 1. The molecule has 4 rings (SSSR count). The van der Waals surface area contributed by atoms with Crippen LogP contribution in [0.1, 0.15) is 23.1 Å². The lowest BCUT2D eigenvalue weighted by atomic mass is 9.77. The van der Waals surface area contributed by atoms with Crippen molar-refractivity contribution in [2.75, 3.05) is 26.2 Å². The SMILES string of the molecule is COc1ccc(N2C(=O)[C@H](c3cc(OC)ccc3OC)[C@H]2c2ccccc2)cc1. The fraction of sp³-hybridized carbons (Fsp3) is 0.208. The molecule has 29 heavy (non-hydrogen) atoms. The van der Waals surface area contributed by atoms with Crippen molar-refractivity contribution in [3.05, 3.63) is 83.9 Å². The smallest absolute Gasteiger partial charge is 0.237 e. The number of rotatable bonds is 6. The summed E-state index contributed by atoms with van der Waals surface area (Å²) < 4.78 is 16.2. The minimum Gasteiger partial charge on any atom is -0.497 e. The summed E-state index contributed by atoms with van der Waals surface area (Å²) in [7, 11) is 4.86. The molecule has 5 heteroatoms. The van der Waals surface area contributed by atoms with E-state index in [1.807, 2.05) is 77.7 Å². The van der Waals surface area contributed by atoms with Crippen LogP contribution in [0, 0.1) is 0 Å². The first-order chi connectivity index (χ1) is 14.2. The number of ether oxygens (including phenoxy) is 3. The zero-order valence-electron chi connectivity index (χ0n) is 16.7. The highest BCUT2D eigenvalue weighted by Gasteiger charge is 2.50. The number of benzene rings is 3. The maximum atomic E-state index is 13.4. The van der Waals surface area contributed by atoms with Gasteiger partial charge in [-0.2, -0.15) is 0 Å². The van der Waals surface area contributed by atoms with E-state index in [0.717, 1.165) is 22.6 Å². The predicted octanol–water partition coefficient (Wildman–Crippen LogP) is 4.58. The molecule has 0 radical (unpaired) electrons. The van der Waals surface area contributed by atoms with Gasteiger partial charge in [0.2, 0.25) is 5.91 Å². The van der Waals surface area contributed by atoms with E-state index in [0.29, 0.717) is 11.5 Å². The number of amides is 1. The molecule has 0 unspecified atom stereocenters. The van der Waals surface area contributed by atoms with Crippen molar-refractivity contribution in [3.63, 3.8) is 0 Å². The number of nitrogens with zero attached hydrogens (tertiary/aromatic N) is 1. The largest absolute Gasteiger partial charge is 0.497 e. The first-order valence-electron chi connectivity index (χ1n) is 9.42. The summed E-state index contributed by atoms with van der Waals surface area (Å²) in [4.78, 5) is 15.2. The van der Waals surface area contributed by atoms with Gasteiger partial charge in [-0.25, -0.2) is 0 Å². The molecule has 1 aliphatic heterocycles. The van der Waals surface area contributed by atoms with Gasteiger partial charge in [0.05, 0.1) is 33.3 Å². The standard InChI is InChI=1S/C24H23NO4/c1-27-18-11-9-17(10-12-18)25-23(16-7-5-4-6-8-16)22(24(25)26)20-15-19(28-2)13-14-21(20)29-3/h4-15,22-23H,1-3H3/t22-,23-/m1/s1. The van der Waals surface area contributed by atoms with Crippen molar-refractivity contribution >= 4 is 11.6 Å². The summed E-state index contributed by atoms with van der Waals surface area (Å²) in [5.41, 5.74) is 2.73. The average Bonchev–Trinajstić information content (AvgIpc) is 2.78. The highest BCUT2D eigenvalue weighted by molar-refractivity contribution is 6.07. The van der Waals surface area contributed by atoms with Gasteiger partial charge in [-0.05, 0) is 48.0 Å². The number of hydrogen-bond donors (Lipinski definition) is 0. The lowest BCUT2D eigenvalue weighted by Gasteiger charge is -2.48. The first kappa shape index (κ1) is 18.9. The highest BCUT2D eigenvalue weighted by atomic mass is 16.5. The number of carbonyl (C=O) groups is 1. The van der Waals surface area contributed by atoms with Gasteiger partial charge in [0.1, 0.15) is 17.2 Å². The summed E-state index contributed by atoms with van der Waals surface area (Å²) in [6.07, 6.45) is 0. The molecule has 0 aliphatic carbocycles. The van der Waals surface area contributed by atoms with Crippen molar-refractivity contribution < 1.29 is 19.0 Å². The van der Waals surface area contributed by atoms with E-state index in [2.05, 4.69) is 0 Å². The van der Waals surface area contributed by atoms with Gasteiger partial charge in [0, 0.05) is 11.3 Å². The van der Waals surface area contributed by atoms with Gasteiger partial charge in [0.25, 0.3) is 0 Å². The molecule has 3 aromatic rings. The van der Waals surface area contributed by atoms with Gasteiger partial charge in [-0.3, -0.25) is 4.79 Å². The fourth-order valence-corrected chi connectivity index (χ4v) is 3.90. The monoisotopic (exact) mass is 389 g/mol. The lowest BCUT2D eigenvalue weighted by Crippen LogP contribution is -2.53. The van der Waals surface area contributed by atoms with E-state index in [-0.39, 0.29) is 17.9 Å². The molecule has 0 saturated carbocycles. The summed E-state index contributed by atoms with van der Waals surface area (Å²) in [5, 5.41) is 0. The van der Waals surface area contributed by atoms with Crippen LogP contribution in [0.5, 0.6) is 17.2 Å². The first-order valence-corrected chi connectivity index (χ1v) is 9.42. The molecule has 148 valence electrons. The zero-order chi connectivity index (χ0) is 20.4. The third-order valence-electron chi connectivity index (χ3n) is 5.36. The number of β-lactam (4-membered cyclic amide) rings is 1. The molecule has 1 aliphatic rings. The minimum absolute atomic E-state index is 0.0237. The Labute approximate surface area is 170 Å². The molecule has 0 N–H and O–H groups in total. The van der Waals surface area contributed by atoms with Crippen LogP contribution >= 0.6 is 0 Å². The van der Waals surface area contributed by atoms with Crippen LogP contribution in [-0.2, 0) is 4.79 Å². The summed E-state index contributed by atoms with van der Waals surface area (Å²) in [5.74, 6) is 1.80. The summed E-state index contributed by atoms with van der Waals surface area (Å²) in [6.45, 7) is 0. The van der Waals surface area contributed by atoms with E-state index < -0.39 is 0 Å². The van der Waals surface area contributed by atoms with Gasteiger partial charge >= 0.3 is 0 Å². The fourth-order valence-electron chi connectivity index (χ4n) is 3.90. The van der Waals surface area contributed by atoms with Crippen molar-refractivity contribution in [1.29, 1.82) is 0 Å². The molecule has 1 fully saturated rings. The average molecular weight is 389 g/mol. The molecule has 0 spiro atoms. The van der Waals surface area contributed by atoms with Gasteiger partial charge in [-0.1, -0.05) is 30.3 Å². The molecular formula is C24H23NO4. The minimum atomic E-state index is -0.357. The van der Waals surface area contributed by atoms with E-state index >= 15 is 0 Å². The zero-order valence-corrected chi connectivity index (χ0v) is 16.7. The second-order valence-corrected chi connectivity index (χ2v) is 6.85. The Bertz CT molecular complexity index is 1000. The second-order valence-electron chi connectivity index (χ2n) is 6.85. The Morgan fingerprint density at radius 2 is 1.41 bits per heavy atom. The lowest BCUT2D eigenvalue weighted by molar-refractivity contribution is -0.126. The molecule has 2 atom stereocenters. The van der Waals surface area contributed by atoms with Crippen LogP contribution in [0.25, 0.3) is 0 Å². The molecular weight excluding hydrogens is 366 g/mol. The third kappa shape index (κ3) is 3.29. The normalized spacial score (nSPS) is 18.2. The van der Waals surface area contributed by atoms with Crippen LogP contribution < -0.4 is 19.1 Å². The Balaban J connectivity index is 1.79. The van der Waals surface area contributed by atoms with Crippen molar-refractivity contribution in [3.8, 4) is 17.2 Å². The molecule has 0 aromatic heterocycles. The molecule has 1 heterocycles. The van der Waals surface area contributed by atoms with Crippen molar-refractivity contribution in [2.45, 2.75) is 12.0 Å². The van der Waals surface area contributed by atoms with Crippen LogP contribution in [0.3, 0.4) is 0 Å². The quantitative estimate of drug-likeness (QED) is 0.579. The van der Waals surface area contributed by atoms with E-state index in [4.69, 9.17) is 14.2 Å². The van der Waals surface area contributed by atoms with Crippen molar-refractivity contribution in [1.82, 2.24) is 0 Å². The van der Waals surface area contributed by atoms with Crippen LogP contribution in [0.15, 0.2) is 72.8 Å². The topological polar surface area (TPSA) is 48.0 Å². The second kappa shape index (κ2) is 7.87. The highest BCUT2D eigenvalue weighted by Crippen LogP contribution is 2.51. The molecule has 1 amide bonds. The Kier molecular flexibility index (Phi) is 5.12. The Hall–Kier alpha value is -3.47. The van der Waals surface area contributed by atoms with Crippen LogP contribution in [0.4, 0.5) is 5.69 Å². The van der Waals surface area contributed by atoms with Crippen LogP contribution in [-0.4, -0.2) is 27.2 Å². The molecule has 0 bridgehead atoms. The Morgan fingerprint density at radius 3 is 2.03 bits per heavy atom. The number of anilines is 1. The summed E-state index contributed by atoms with van der Waals surface area (Å²) in [6, 6.07) is 23.0. The molecule has 5 nitrogen and oxygen atoms in total. The van der Waals surface area contributed by atoms with E-state index in [1.165, 1.54) is 0 Å². The van der Waals surface area contributed by atoms with E-state index in [1.54, 1.807) is 21.3 Å². The maximum absolute atomic E-state index is 13.4. The number of hydrogen-bond acceptors (Lipinski definition) is 4. The van der Waals surface area contributed by atoms with Gasteiger partial charge in [0.15, 0.2) is 0 Å². The summed E-state index contributed by atoms with van der Waals surface area (Å²) >= 11 is 0. The maximum Gasteiger partial charge on any atom is 0.237 e. The van der Waals surface area contributed by atoms with Gasteiger partial charge in [-0.15, -0.1) is 0 Å². The predicted molar refractivity (Wildman–Crippen MR) is 112 cm³/mol. The van der Waals surface area contributed by atoms with E-state index in [9.17, 15) is 4.79 Å².